The monoisotopic (exact) mass is 681 g/mol. The van der Waals surface area contributed by atoms with Crippen LogP contribution in [0.4, 0.5) is 11.4 Å². The predicted octanol–water partition coefficient (Wildman–Crippen LogP) is 14.5. The number of benzene rings is 8. The Morgan fingerprint density at radius 3 is 1.85 bits per heavy atom. The highest BCUT2D eigenvalue weighted by molar-refractivity contribution is 7.25. The van der Waals surface area contributed by atoms with Crippen molar-refractivity contribution in [2.24, 2.45) is 0 Å². The molecule has 0 saturated heterocycles. The van der Waals surface area contributed by atoms with Crippen LogP contribution in [0.2, 0.25) is 0 Å². The van der Waals surface area contributed by atoms with Gasteiger partial charge in [0.2, 0.25) is 0 Å². The SMILES string of the molecule is C1=CC(c2cccc3sc4ccccc4c23)CC=C1N(c1ccc(-c2ccccc2)cc1)c1ccc(-c2cc3ccccc3c3ccccc23)cc1. The van der Waals surface area contributed by atoms with Crippen LogP contribution in [0.1, 0.15) is 17.9 Å². The smallest absolute Gasteiger partial charge is 0.0461 e. The molecule has 8 aromatic carbocycles. The lowest BCUT2D eigenvalue weighted by atomic mass is 9.88. The van der Waals surface area contributed by atoms with Crippen molar-refractivity contribution in [2.75, 3.05) is 4.90 Å². The lowest BCUT2D eigenvalue weighted by molar-refractivity contribution is 0.848. The molecule has 1 aliphatic carbocycles. The molecule has 0 spiro atoms. The van der Waals surface area contributed by atoms with E-state index < -0.39 is 0 Å². The third-order valence-electron chi connectivity index (χ3n) is 10.6. The Morgan fingerprint density at radius 1 is 0.481 bits per heavy atom. The van der Waals surface area contributed by atoms with E-state index in [2.05, 4.69) is 199 Å². The summed E-state index contributed by atoms with van der Waals surface area (Å²) in [7, 11) is 0. The molecular formula is C50H35NS. The van der Waals surface area contributed by atoms with Crippen LogP contribution in [-0.2, 0) is 0 Å². The number of hydrogen-bond donors (Lipinski definition) is 0. The van der Waals surface area contributed by atoms with Gasteiger partial charge in [-0.1, -0.05) is 146 Å². The van der Waals surface area contributed by atoms with Crippen LogP contribution in [0.5, 0.6) is 0 Å². The quantitative estimate of drug-likeness (QED) is 0.158. The van der Waals surface area contributed by atoms with Crippen molar-refractivity contribution in [2.45, 2.75) is 12.3 Å². The average Bonchev–Trinajstić information content (AvgIpc) is 3.61. The van der Waals surface area contributed by atoms with E-state index in [0.29, 0.717) is 5.92 Å². The van der Waals surface area contributed by atoms with Gasteiger partial charge in [-0.25, -0.2) is 0 Å². The second-order valence-corrected chi connectivity index (χ2v) is 14.7. The first-order valence-electron chi connectivity index (χ1n) is 18.0. The molecule has 1 atom stereocenters. The molecular weight excluding hydrogens is 647 g/mol. The minimum Gasteiger partial charge on any atom is -0.311 e. The van der Waals surface area contributed by atoms with Gasteiger partial charge < -0.3 is 4.90 Å². The highest BCUT2D eigenvalue weighted by Crippen LogP contribution is 2.43. The Bertz CT molecular complexity index is 2800. The van der Waals surface area contributed by atoms with E-state index in [0.717, 1.165) is 17.8 Å². The zero-order chi connectivity index (χ0) is 34.4. The third kappa shape index (κ3) is 5.31. The number of anilines is 2. The first kappa shape index (κ1) is 30.6. The summed E-state index contributed by atoms with van der Waals surface area (Å²) in [6.45, 7) is 0. The molecule has 1 heterocycles. The van der Waals surface area contributed by atoms with Crippen LogP contribution in [0.25, 0.3) is 64.0 Å². The first-order chi connectivity index (χ1) is 25.8. The van der Waals surface area contributed by atoms with Crippen LogP contribution < -0.4 is 4.90 Å². The van der Waals surface area contributed by atoms with Gasteiger partial charge in [0, 0.05) is 43.2 Å². The second-order valence-electron chi connectivity index (χ2n) is 13.6. The van der Waals surface area contributed by atoms with E-state index in [9.17, 15) is 0 Å². The molecule has 52 heavy (non-hydrogen) atoms. The Hall–Kier alpha value is -6.22. The van der Waals surface area contributed by atoms with E-state index in [-0.39, 0.29) is 0 Å². The van der Waals surface area contributed by atoms with Crippen molar-refractivity contribution in [3.63, 3.8) is 0 Å². The van der Waals surface area contributed by atoms with Crippen molar-refractivity contribution in [1.82, 2.24) is 0 Å². The van der Waals surface area contributed by atoms with E-state index in [1.807, 2.05) is 11.3 Å². The van der Waals surface area contributed by atoms with Crippen LogP contribution in [0.3, 0.4) is 0 Å². The van der Waals surface area contributed by atoms with Crippen LogP contribution in [-0.4, -0.2) is 0 Å². The van der Waals surface area contributed by atoms with Crippen molar-refractivity contribution < 1.29 is 0 Å². The standard InChI is InChI=1S/C50H35NS/c1-2-11-34(12-3-1)35-21-27-39(28-22-35)51(40-29-23-36(24-30-40)43-18-10-20-49-50(43)46-17-8-9-19-48(46)52-49)41-31-25-37(26-32-41)47-33-38-13-4-5-14-42(38)44-15-6-7-16-45(44)47/h1-23,25-33,36H,24H2. The lowest BCUT2D eigenvalue weighted by Gasteiger charge is -2.29. The third-order valence-corrected chi connectivity index (χ3v) is 11.7. The molecule has 0 aliphatic heterocycles. The van der Waals surface area contributed by atoms with Crippen molar-refractivity contribution >= 4 is 64.4 Å². The summed E-state index contributed by atoms with van der Waals surface area (Å²) in [6, 6.07) is 64.2. The molecule has 0 radical (unpaired) electrons. The molecule has 9 aromatic rings. The number of hydrogen-bond acceptors (Lipinski definition) is 2. The van der Waals surface area contributed by atoms with Gasteiger partial charge in [-0.2, -0.15) is 0 Å². The fourth-order valence-electron chi connectivity index (χ4n) is 8.08. The van der Waals surface area contributed by atoms with Gasteiger partial charge in [-0.3, -0.25) is 0 Å². The fourth-order valence-corrected chi connectivity index (χ4v) is 9.22. The summed E-state index contributed by atoms with van der Waals surface area (Å²) < 4.78 is 2.72. The van der Waals surface area contributed by atoms with Gasteiger partial charge in [-0.15, -0.1) is 11.3 Å². The number of nitrogens with zero attached hydrogens (tertiary/aromatic N) is 1. The number of rotatable bonds is 6. The molecule has 1 aromatic heterocycles. The molecule has 0 N–H and O–H groups in total. The summed E-state index contributed by atoms with van der Waals surface area (Å²) in [5, 5.41) is 7.89. The minimum absolute atomic E-state index is 0.316. The van der Waals surface area contributed by atoms with Crippen molar-refractivity contribution in [3.8, 4) is 22.3 Å². The van der Waals surface area contributed by atoms with E-state index in [4.69, 9.17) is 0 Å². The minimum atomic E-state index is 0.316. The summed E-state index contributed by atoms with van der Waals surface area (Å²) in [5.41, 5.74) is 9.80. The summed E-state index contributed by atoms with van der Waals surface area (Å²) in [5.74, 6) is 0.316. The molecule has 0 amide bonds. The maximum Gasteiger partial charge on any atom is 0.0461 e. The number of allylic oxidation sites excluding steroid dienone is 3. The molecule has 1 unspecified atom stereocenters. The molecule has 1 nitrogen and oxygen atoms in total. The Morgan fingerprint density at radius 2 is 1.10 bits per heavy atom. The second kappa shape index (κ2) is 12.8. The molecule has 0 bridgehead atoms. The number of fused-ring (bicyclic) bond motifs is 6. The average molecular weight is 682 g/mol. The molecule has 246 valence electrons. The fraction of sp³-hybridized carbons (Fsp3) is 0.0400. The van der Waals surface area contributed by atoms with Crippen LogP contribution in [0.15, 0.2) is 200 Å². The topological polar surface area (TPSA) is 3.24 Å². The van der Waals surface area contributed by atoms with E-state index in [1.54, 1.807) is 0 Å². The van der Waals surface area contributed by atoms with Crippen molar-refractivity contribution in [3.05, 3.63) is 205 Å². The Labute approximate surface area is 308 Å². The van der Waals surface area contributed by atoms with Crippen LogP contribution in [0, 0.1) is 0 Å². The molecule has 2 heteroatoms. The maximum absolute atomic E-state index is 2.42. The van der Waals surface area contributed by atoms with Gasteiger partial charge in [0.05, 0.1) is 0 Å². The Balaban J connectivity index is 1.04. The van der Waals surface area contributed by atoms with Gasteiger partial charge in [-0.05, 0) is 104 Å². The first-order valence-corrected chi connectivity index (χ1v) is 18.9. The van der Waals surface area contributed by atoms with Gasteiger partial charge in [0.1, 0.15) is 0 Å². The number of thiophene rings is 1. The predicted molar refractivity (Wildman–Crippen MR) is 225 cm³/mol. The van der Waals surface area contributed by atoms with Crippen LogP contribution >= 0.6 is 11.3 Å². The van der Waals surface area contributed by atoms with E-state index >= 15 is 0 Å². The largest absolute Gasteiger partial charge is 0.311 e. The molecule has 10 rings (SSSR count). The zero-order valence-electron chi connectivity index (χ0n) is 28.6. The normalized spacial score (nSPS) is 14.3. The molecule has 0 saturated carbocycles. The van der Waals surface area contributed by atoms with Gasteiger partial charge in [0.25, 0.3) is 0 Å². The molecule has 0 fully saturated rings. The summed E-state index contributed by atoms with van der Waals surface area (Å²) in [4.78, 5) is 2.41. The highest BCUT2D eigenvalue weighted by atomic mass is 32.1. The van der Waals surface area contributed by atoms with Gasteiger partial charge in [0.15, 0.2) is 0 Å². The summed E-state index contributed by atoms with van der Waals surface area (Å²) >= 11 is 1.89. The van der Waals surface area contributed by atoms with E-state index in [1.165, 1.54) is 75.2 Å². The zero-order valence-corrected chi connectivity index (χ0v) is 29.4. The highest BCUT2D eigenvalue weighted by Gasteiger charge is 2.21. The summed E-state index contributed by atoms with van der Waals surface area (Å²) in [6.07, 6.45) is 8.11. The Kier molecular flexibility index (Phi) is 7.55. The molecule has 1 aliphatic rings. The van der Waals surface area contributed by atoms with Crippen molar-refractivity contribution in [1.29, 1.82) is 0 Å². The lowest BCUT2D eigenvalue weighted by Crippen LogP contribution is -2.17. The maximum atomic E-state index is 2.42. The van der Waals surface area contributed by atoms with Gasteiger partial charge >= 0.3 is 0 Å².